The van der Waals surface area contributed by atoms with Crippen LogP contribution in [0.4, 0.5) is 4.39 Å². The van der Waals surface area contributed by atoms with E-state index in [1.807, 2.05) is 0 Å². The number of hydrogen-bond acceptors (Lipinski definition) is 3. The molecule has 0 spiro atoms. The van der Waals surface area contributed by atoms with E-state index < -0.39 is 21.7 Å². The van der Waals surface area contributed by atoms with Crippen LogP contribution < -0.4 is 10.0 Å². The number of halogens is 1. The summed E-state index contributed by atoms with van der Waals surface area (Å²) in [4.78, 5) is 12.1. The van der Waals surface area contributed by atoms with Gasteiger partial charge in [0.05, 0.1) is 11.4 Å². The molecule has 24 heavy (non-hydrogen) atoms. The summed E-state index contributed by atoms with van der Waals surface area (Å²) in [6, 6.07) is 11.6. The molecule has 0 aliphatic rings. The highest BCUT2D eigenvalue weighted by atomic mass is 32.2. The van der Waals surface area contributed by atoms with Crippen molar-refractivity contribution in [3.63, 3.8) is 0 Å². The van der Waals surface area contributed by atoms with Crippen LogP contribution in [0.2, 0.25) is 0 Å². The average molecular weight is 346 g/mol. The summed E-state index contributed by atoms with van der Waals surface area (Å²) >= 11 is 0. The highest BCUT2D eigenvalue weighted by Crippen LogP contribution is 2.12. The van der Waals surface area contributed by atoms with Crippen molar-refractivity contribution in [3.8, 4) is 12.3 Å². The third-order valence-electron chi connectivity index (χ3n) is 3.17. The molecule has 1 amide bonds. The molecule has 2 aromatic carbocycles. The number of rotatable bonds is 6. The molecule has 0 heterocycles. The maximum absolute atomic E-state index is 13.5. The molecule has 0 atom stereocenters. The summed E-state index contributed by atoms with van der Waals surface area (Å²) in [5, 5.41) is 2.55. The van der Waals surface area contributed by atoms with E-state index in [1.54, 1.807) is 18.2 Å². The van der Waals surface area contributed by atoms with E-state index in [9.17, 15) is 17.6 Å². The highest BCUT2D eigenvalue weighted by Gasteiger charge is 2.15. The first-order valence-corrected chi connectivity index (χ1v) is 8.47. The smallest absolute Gasteiger partial charge is 0.251 e. The minimum absolute atomic E-state index is 0.00215. The van der Waals surface area contributed by atoms with E-state index in [2.05, 4.69) is 16.0 Å². The van der Waals surface area contributed by atoms with Crippen LogP contribution in [-0.2, 0) is 16.6 Å². The van der Waals surface area contributed by atoms with Gasteiger partial charge in [-0.05, 0) is 24.3 Å². The Kier molecular flexibility index (Phi) is 5.68. The first kappa shape index (κ1) is 17.7. The van der Waals surface area contributed by atoms with Gasteiger partial charge in [0.15, 0.2) is 0 Å². The highest BCUT2D eigenvalue weighted by molar-refractivity contribution is 7.89. The predicted octanol–water partition coefficient (Wildman–Crippen LogP) is 1.67. The van der Waals surface area contributed by atoms with Crippen molar-refractivity contribution in [1.82, 2.24) is 10.0 Å². The second kappa shape index (κ2) is 7.73. The number of carbonyl (C=O) groups excluding carboxylic acids is 1. The van der Waals surface area contributed by atoms with Gasteiger partial charge < -0.3 is 5.32 Å². The molecular formula is C17H15FN2O3S. The molecule has 0 aromatic heterocycles. The van der Waals surface area contributed by atoms with E-state index in [4.69, 9.17) is 6.42 Å². The van der Waals surface area contributed by atoms with Gasteiger partial charge in [0.2, 0.25) is 10.0 Å². The van der Waals surface area contributed by atoms with Crippen molar-refractivity contribution in [2.45, 2.75) is 11.4 Å². The zero-order chi connectivity index (χ0) is 17.6. The summed E-state index contributed by atoms with van der Waals surface area (Å²) in [5.41, 5.74) is 0.486. The number of terminal acetylenes is 1. The molecule has 2 aromatic rings. The minimum atomic E-state index is -3.78. The summed E-state index contributed by atoms with van der Waals surface area (Å²) in [7, 11) is -3.78. The van der Waals surface area contributed by atoms with Gasteiger partial charge in [-0.15, -0.1) is 6.42 Å². The molecule has 0 unspecified atom stereocenters. The molecular weight excluding hydrogens is 331 g/mol. The van der Waals surface area contributed by atoms with Crippen molar-refractivity contribution >= 4 is 15.9 Å². The molecule has 7 heteroatoms. The Labute approximate surface area is 139 Å². The topological polar surface area (TPSA) is 75.3 Å². The maximum Gasteiger partial charge on any atom is 0.251 e. The van der Waals surface area contributed by atoms with Gasteiger partial charge in [0, 0.05) is 17.7 Å². The lowest BCUT2D eigenvalue weighted by Gasteiger charge is -2.08. The summed E-state index contributed by atoms with van der Waals surface area (Å²) in [5.74, 6) is 1.24. The van der Waals surface area contributed by atoms with Gasteiger partial charge >= 0.3 is 0 Å². The lowest BCUT2D eigenvalue weighted by molar-refractivity contribution is 0.0950. The molecule has 0 radical (unpaired) electrons. The molecule has 0 bridgehead atoms. The second-order valence-electron chi connectivity index (χ2n) is 4.83. The lowest BCUT2D eigenvalue weighted by Crippen LogP contribution is -2.26. The molecule has 0 aliphatic heterocycles. The zero-order valence-electron chi connectivity index (χ0n) is 12.6. The zero-order valence-corrected chi connectivity index (χ0v) is 13.4. The van der Waals surface area contributed by atoms with Crippen molar-refractivity contribution in [1.29, 1.82) is 0 Å². The number of hydrogen-bond donors (Lipinski definition) is 2. The Morgan fingerprint density at radius 1 is 1.17 bits per heavy atom. The number of amides is 1. The second-order valence-corrected chi connectivity index (χ2v) is 6.60. The Hall–Kier alpha value is -2.69. The summed E-state index contributed by atoms with van der Waals surface area (Å²) < 4.78 is 39.7. The van der Waals surface area contributed by atoms with E-state index >= 15 is 0 Å². The average Bonchev–Trinajstić information content (AvgIpc) is 2.59. The Morgan fingerprint density at radius 3 is 2.62 bits per heavy atom. The van der Waals surface area contributed by atoms with Gasteiger partial charge in [-0.1, -0.05) is 30.2 Å². The number of sulfonamides is 1. The van der Waals surface area contributed by atoms with Crippen molar-refractivity contribution in [2.24, 2.45) is 0 Å². The van der Waals surface area contributed by atoms with Crippen LogP contribution in [0, 0.1) is 18.2 Å². The maximum atomic E-state index is 13.5. The lowest BCUT2D eigenvalue weighted by atomic mass is 10.2. The number of benzene rings is 2. The van der Waals surface area contributed by atoms with Gasteiger partial charge in [0.25, 0.3) is 5.91 Å². The number of carbonyl (C=O) groups is 1. The van der Waals surface area contributed by atoms with Crippen molar-refractivity contribution in [3.05, 3.63) is 65.5 Å². The molecule has 124 valence electrons. The molecule has 0 fully saturated rings. The summed E-state index contributed by atoms with van der Waals surface area (Å²) in [6.07, 6.45) is 5.03. The van der Waals surface area contributed by atoms with Gasteiger partial charge in [-0.25, -0.2) is 12.8 Å². The number of nitrogens with one attached hydrogen (secondary N) is 2. The Balaban J connectivity index is 2.12. The van der Waals surface area contributed by atoms with E-state index in [1.165, 1.54) is 30.3 Å². The van der Waals surface area contributed by atoms with Crippen LogP contribution in [0.25, 0.3) is 0 Å². The molecule has 0 saturated heterocycles. The fourth-order valence-corrected chi connectivity index (χ4v) is 2.92. The van der Waals surface area contributed by atoms with Gasteiger partial charge in [0.1, 0.15) is 5.82 Å². The van der Waals surface area contributed by atoms with Crippen LogP contribution in [0.3, 0.4) is 0 Å². The molecule has 0 aliphatic carbocycles. The van der Waals surface area contributed by atoms with Crippen molar-refractivity contribution < 1.29 is 17.6 Å². The normalized spacial score (nSPS) is 10.8. The van der Waals surface area contributed by atoms with Crippen LogP contribution in [0.5, 0.6) is 0 Å². The molecule has 5 nitrogen and oxygen atoms in total. The summed E-state index contributed by atoms with van der Waals surface area (Å²) in [6.45, 7) is -0.149. The monoisotopic (exact) mass is 346 g/mol. The fourth-order valence-electron chi connectivity index (χ4n) is 1.94. The first-order chi connectivity index (χ1) is 11.4. The SMILES string of the molecule is C#CCNS(=O)(=O)c1cccc(C(=O)NCc2ccccc2F)c1. The third-order valence-corrected chi connectivity index (χ3v) is 4.57. The van der Waals surface area contributed by atoms with Gasteiger partial charge in [-0.2, -0.15) is 4.72 Å². The van der Waals surface area contributed by atoms with Crippen LogP contribution in [-0.4, -0.2) is 20.9 Å². The van der Waals surface area contributed by atoms with Gasteiger partial charge in [-0.3, -0.25) is 4.79 Å². The predicted molar refractivity (Wildman–Crippen MR) is 88.0 cm³/mol. The van der Waals surface area contributed by atoms with Crippen LogP contribution >= 0.6 is 0 Å². The largest absolute Gasteiger partial charge is 0.348 e. The Bertz CT molecular complexity index is 889. The molecule has 2 N–H and O–H groups in total. The first-order valence-electron chi connectivity index (χ1n) is 6.99. The fraction of sp³-hybridized carbons (Fsp3) is 0.118. The molecule has 2 rings (SSSR count). The quantitative estimate of drug-likeness (QED) is 0.781. The standard InChI is InChI=1S/C17H15FN2O3S/c1-2-10-20-24(22,23)15-8-5-7-13(11-15)17(21)19-12-14-6-3-4-9-16(14)18/h1,3-9,11,20H,10,12H2,(H,19,21). The van der Waals surface area contributed by atoms with E-state index in [0.29, 0.717) is 5.56 Å². The Morgan fingerprint density at radius 2 is 1.92 bits per heavy atom. The van der Waals surface area contributed by atoms with Crippen LogP contribution in [0.1, 0.15) is 15.9 Å². The minimum Gasteiger partial charge on any atom is -0.348 e. The van der Waals surface area contributed by atoms with E-state index in [0.717, 1.165) is 0 Å². The third kappa shape index (κ3) is 4.41. The van der Waals surface area contributed by atoms with Crippen molar-refractivity contribution in [2.75, 3.05) is 6.54 Å². The molecule has 0 saturated carbocycles. The van der Waals surface area contributed by atoms with Crippen LogP contribution in [0.15, 0.2) is 53.4 Å². The van der Waals surface area contributed by atoms with E-state index in [-0.39, 0.29) is 23.5 Å².